The zero-order valence-electron chi connectivity index (χ0n) is 12.1. The quantitative estimate of drug-likeness (QED) is 0.886. The third-order valence-corrected chi connectivity index (χ3v) is 4.38. The van der Waals surface area contributed by atoms with E-state index in [0.29, 0.717) is 5.69 Å². The summed E-state index contributed by atoms with van der Waals surface area (Å²) in [4.78, 5) is 12.5. The molecule has 0 spiro atoms. The number of hydrogen-bond donors (Lipinski definition) is 1. The van der Waals surface area contributed by atoms with E-state index in [9.17, 15) is 4.79 Å². The number of aromatic nitrogens is 2. The fourth-order valence-corrected chi connectivity index (χ4v) is 3.21. The lowest BCUT2D eigenvalue weighted by Crippen LogP contribution is -2.33. The van der Waals surface area contributed by atoms with Gasteiger partial charge in [-0.25, -0.2) is 0 Å². The standard InChI is InChI=1S/C16H18ClN3O/c1-3-11-9-14(20(2)19-11)16(21)18-15-12-7-5-4-6-10(12)8-13(15)17/h4-7,9,13,15H,3,8H2,1-2H3,(H,18,21). The van der Waals surface area contributed by atoms with Crippen LogP contribution in [-0.4, -0.2) is 21.1 Å². The highest BCUT2D eigenvalue weighted by Crippen LogP contribution is 2.34. The van der Waals surface area contributed by atoms with Crippen LogP contribution < -0.4 is 5.32 Å². The van der Waals surface area contributed by atoms with Crippen molar-refractivity contribution >= 4 is 17.5 Å². The maximum atomic E-state index is 12.5. The van der Waals surface area contributed by atoms with E-state index in [1.165, 1.54) is 5.56 Å². The number of nitrogens with one attached hydrogen (secondary N) is 1. The molecule has 2 aromatic rings. The van der Waals surface area contributed by atoms with E-state index in [1.54, 1.807) is 11.7 Å². The van der Waals surface area contributed by atoms with E-state index in [-0.39, 0.29) is 17.3 Å². The molecule has 2 unspecified atom stereocenters. The molecule has 0 aliphatic heterocycles. The van der Waals surface area contributed by atoms with Crippen LogP contribution in [0.5, 0.6) is 0 Å². The summed E-state index contributed by atoms with van der Waals surface area (Å²) in [5.41, 5.74) is 3.81. The van der Waals surface area contributed by atoms with Gasteiger partial charge in [-0.1, -0.05) is 31.2 Å². The first kappa shape index (κ1) is 14.1. The Kier molecular flexibility index (Phi) is 3.72. The van der Waals surface area contributed by atoms with Gasteiger partial charge in [0, 0.05) is 7.05 Å². The van der Waals surface area contributed by atoms with Gasteiger partial charge < -0.3 is 5.32 Å². The zero-order valence-corrected chi connectivity index (χ0v) is 12.9. The van der Waals surface area contributed by atoms with Crippen LogP contribution in [-0.2, 0) is 19.9 Å². The fraction of sp³-hybridized carbons (Fsp3) is 0.375. The molecule has 1 aromatic carbocycles. The summed E-state index contributed by atoms with van der Waals surface area (Å²) < 4.78 is 1.62. The van der Waals surface area contributed by atoms with E-state index < -0.39 is 0 Å². The summed E-state index contributed by atoms with van der Waals surface area (Å²) >= 11 is 6.41. The highest BCUT2D eigenvalue weighted by atomic mass is 35.5. The van der Waals surface area contributed by atoms with Crippen LogP contribution in [0.1, 0.15) is 40.3 Å². The van der Waals surface area contributed by atoms with Crippen LogP contribution >= 0.6 is 11.6 Å². The molecule has 1 heterocycles. The van der Waals surface area contributed by atoms with Gasteiger partial charge in [-0.3, -0.25) is 9.48 Å². The first-order valence-electron chi connectivity index (χ1n) is 7.15. The van der Waals surface area contributed by atoms with E-state index >= 15 is 0 Å². The van der Waals surface area contributed by atoms with Crippen LogP contribution in [0.3, 0.4) is 0 Å². The normalized spacial score (nSPS) is 20.3. The molecule has 4 nitrogen and oxygen atoms in total. The topological polar surface area (TPSA) is 46.9 Å². The van der Waals surface area contributed by atoms with Gasteiger partial charge in [0.05, 0.1) is 17.1 Å². The Morgan fingerprint density at radius 2 is 2.24 bits per heavy atom. The predicted octanol–water partition coefficient (Wildman–Crippen LogP) is 2.62. The molecule has 3 rings (SSSR count). The second-order valence-electron chi connectivity index (χ2n) is 5.37. The van der Waals surface area contributed by atoms with Crippen LogP contribution in [0.2, 0.25) is 0 Å². The third kappa shape index (κ3) is 2.56. The van der Waals surface area contributed by atoms with Gasteiger partial charge in [0.1, 0.15) is 5.69 Å². The Morgan fingerprint density at radius 1 is 1.48 bits per heavy atom. The largest absolute Gasteiger partial charge is 0.342 e. The SMILES string of the molecule is CCc1cc(C(=O)NC2c3ccccc3CC2Cl)n(C)n1. The minimum atomic E-state index is -0.143. The zero-order chi connectivity index (χ0) is 15.0. The van der Waals surface area contributed by atoms with Gasteiger partial charge in [0.25, 0.3) is 5.91 Å². The number of rotatable bonds is 3. The lowest BCUT2D eigenvalue weighted by atomic mass is 10.1. The summed E-state index contributed by atoms with van der Waals surface area (Å²) in [5.74, 6) is -0.128. The lowest BCUT2D eigenvalue weighted by Gasteiger charge is -2.17. The molecule has 21 heavy (non-hydrogen) atoms. The second kappa shape index (κ2) is 5.53. The van der Waals surface area contributed by atoms with E-state index in [1.807, 2.05) is 31.2 Å². The Balaban J connectivity index is 1.83. The van der Waals surface area contributed by atoms with Crippen LogP contribution in [0.25, 0.3) is 0 Å². The van der Waals surface area contributed by atoms with Crippen molar-refractivity contribution in [2.45, 2.75) is 31.2 Å². The average molecular weight is 304 g/mol. The smallest absolute Gasteiger partial charge is 0.270 e. The minimum Gasteiger partial charge on any atom is -0.342 e. The molecule has 0 fully saturated rings. The highest BCUT2D eigenvalue weighted by molar-refractivity contribution is 6.21. The molecule has 1 aromatic heterocycles. The van der Waals surface area contributed by atoms with Gasteiger partial charge in [0.2, 0.25) is 0 Å². The molecule has 1 N–H and O–H groups in total. The Labute approximate surface area is 129 Å². The van der Waals surface area contributed by atoms with E-state index in [4.69, 9.17) is 11.6 Å². The number of alkyl halides is 1. The molecule has 0 saturated heterocycles. The van der Waals surface area contributed by atoms with Crippen molar-refractivity contribution in [1.29, 1.82) is 0 Å². The van der Waals surface area contributed by atoms with E-state index in [2.05, 4.69) is 16.5 Å². The van der Waals surface area contributed by atoms with Gasteiger partial charge >= 0.3 is 0 Å². The third-order valence-electron chi connectivity index (χ3n) is 3.98. The average Bonchev–Trinajstić information content (AvgIpc) is 3.00. The van der Waals surface area contributed by atoms with Crippen molar-refractivity contribution < 1.29 is 4.79 Å². The number of carbonyl (C=O) groups is 1. The maximum absolute atomic E-state index is 12.5. The van der Waals surface area contributed by atoms with Crippen molar-refractivity contribution in [1.82, 2.24) is 15.1 Å². The number of amides is 1. The van der Waals surface area contributed by atoms with Gasteiger partial charge in [-0.2, -0.15) is 5.10 Å². The van der Waals surface area contributed by atoms with Gasteiger partial charge in [-0.15, -0.1) is 11.6 Å². The molecule has 2 atom stereocenters. The van der Waals surface area contributed by atoms with E-state index in [0.717, 1.165) is 24.1 Å². The first-order valence-corrected chi connectivity index (χ1v) is 7.59. The van der Waals surface area contributed by atoms with Crippen molar-refractivity contribution in [2.24, 2.45) is 7.05 Å². The molecule has 0 bridgehead atoms. The monoisotopic (exact) mass is 303 g/mol. The van der Waals surface area contributed by atoms with Crippen molar-refractivity contribution in [2.75, 3.05) is 0 Å². The molecule has 1 amide bonds. The number of fused-ring (bicyclic) bond motifs is 1. The molecular weight excluding hydrogens is 286 g/mol. The lowest BCUT2D eigenvalue weighted by molar-refractivity contribution is 0.0927. The number of hydrogen-bond acceptors (Lipinski definition) is 2. The van der Waals surface area contributed by atoms with Gasteiger partial charge in [0.15, 0.2) is 0 Å². The predicted molar refractivity (Wildman–Crippen MR) is 82.6 cm³/mol. The molecule has 0 saturated carbocycles. The Morgan fingerprint density at radius 3 is 2.95 bits per heavy atom. The first-order chi connectivity index (χ1) is 10.1. The molecule has 5 heteroatoms. The summed E-state index contributed by atoms with van der Waals surface area (Å²) in [6, 6.07) is 9.77. The molecule has 110 valence electrons. The van der Waals surface area contributed by atoms with Crippen molar-refractivity contribution in [3.05, 3.63) is 52.8 Å². The van der Waals surface area contributed by atoms with Crippen molar-refractivity contribution in [3.8, 4) is 0 Å². The van der Waals surface area contributed by atoms with Crippen LogP contribution in [0, 0.1) is 0 Å². The second-order valence-corrected chi connectivity index (χ2v) is 5.93. The molecule has 1 aliphatic rings. The number of carbonyl (C=O) groups excluding carboxylic acids is 1. The Hall–Kier alpha value is -1.81. The van der Waals surface area contributed by atoms with Gasteiger partial charge in [-0.05, 0) is 30.0 Å². The summed E-state index contributed by atoms with van der Waals surface area (Å²) in [5, 5.41) is 7.25. The Bertz CT molecular complexity index is 680. The molecular formula is C16H18ClN3O. The number of aryl methyl sites for hydroxylation is 2. The number of nitrogens with zero attached hydrogens (tertiary/aromatic N) is 2. The maximum Gasteiger partial charge on any atom is 0.270 e. The van der Waals surface area contributed by atoms with Crippen LogP contribution in [0.4, 0.5) is 0 Å². The highest BCUT2D eigenvalue weighted by Gasteiger charge is 2.32. The summed E-state index contributed by atoms with van der Waals surface area (Å²) in [7, 11) is 1.79. The minimum absolute atomic E-state index is 0.106. The molecule has 1 aliphatic carbocycles. The van der Waals surface area contributed by atoms with Crippen LogP contribution in [0.15, 0.2) is 30.3 Å². The summed E-state index contributed by atoms with van der Waals surface area (Å²) in [6.45, 7) is 2.02. The summed E-state index contributed by atoms with van der Waals surface area (Å²) in [6.07, 6.45) is 1.60. The molecule has 0 radical (unpaired) electrons. The fourth-order valence-electron chi connectivity index (χ4n) is 2.84. The number of halogens is 1. The number of benzene rings is 1. The van der Waals surface area contributed by atoms with Crippen molar-refractivity contribution in [3.63, 3.8) is 0 Å².